The zero-order valence-electron chi connectivity index (χ0n) is 17.6. The quantitative estimate of drug-likeness (QED) is 0.596. The average molecular weight is 462 g/mol. The van der Waals surface area contributed by atoms with Gasteiger partial charge in [0.2, 0.25) is 5.78 Å². The number of carbonyl (C=O) groups excluding carboxylic acids is 1. The molecule has 3 heterocycles. The molecule has 0 spiro atoms. The fourth-order valence-electron chi connectivity index (χ4n) is 4.27. The number of likely N-dealkylation sites (tertiary alicyclic amines) is 1. The molecule has 1 aromatic carbocycles. The number of hydrogen-bond donors (Lipinski definition) is 1. The third-order valence-electron chi connectivity index (χ3n) is 5.82. The van der Waals surface area contributed by atoms with Crippen LogP contribution in [-0.4, -0.2) is 51.5 Å². The van der Waals surface area contributed by atoms with Crippen molar-refractivity contribution in [3.63, 3.8) is 0 Å². The highest BCUT2D eigenvalue weighted by molar-refractivity contribution is 6.36. The number of imidazole rings is 1. The predicted octanol–water partition coefficient (Wildman–Crippen LogP) is 4.11. The van der Waals surface area contributed by atoms with E-state index >= 15 is 0 Å². The van der Waals surface area contributed by atoms with Crippen LogP contribution in [0.3, 0.4) is 0 Å². The molecule has 1 aliphatic heterocycles. The van der Waals surface area contributed by atoms with E-state index in [1.165, 1.54) is 0 Å². The number of aryl methyl sites for hydroxylation is 1. The van der Waals surface area contributed by atoms with Gasteiger partial charge in [0.05, 0.1) is 10.7 Å². The summed E-state index contributed by atoms with van der Waals surface area (Å²) in [5, 5.41) is 1.04. The summed E-state index contributed by atoms with van der Waals surface area (Å²) >= 11 is 12.6. The van der Waals surface area contributed by atoms with Crippen molar-refractivity contribution in [3.8, 4) is 11.3 Å². The summed E-state index contributed by atoms with van der Waals surface area (Å²) in [7, 11) is 1.68. The Hall–Kier alpha value is -2.19. The zero-order valence-corrected chi connectivity index (χ0v) is 19.1. The van der Waals surface area contributed by atoms with Gasteiger partial charge in [-0.15, -0.1) is 0 Å². The summed E-state index contributed by atoms with van der Waals surface area (Å²) in [6.45, 7) is 3.50. The first-order valence-electron chi connectivity index (χ1n) is 10.3. The first-order valence-corrected chi connectivity index (χ1v) is 11.0. The molecule has 3 aromatic rings. The van der Waals surface area contributed by atoms with Crippen molar-refractivity contribution < 1.29 is 9.53 Å². The Morgan fingerprint density at radius 1 is 1.32 bits per heavy atom. The van der Waals surface area contributed by atoms with Crippen LogP contribution in [0.5, 0.6) is 0 Å². The second kappa shape index (κ2) is 9.12. The Morgan fingerprint density at radius 3 is 2.84 bits per heavy atom. The highest BCUT2D eigenvalue weighted by Crippen LogP contribution is 2.34. The lowest BCUT2D eigenvalue weighted by Crippen LogP contribution is -2.36. The van der Waals surface area contributed by atoms with Crippen LogP contribution in [0, 0.1) is 6.92 Å². The van der Waals surface area contributed by atoms with Crippen LogP contribution in [-0.2, 0) is 11.3 Å². The number of halogens is 2. The lowest BCUT2D eigenvalue weighted by molar-refractivity contribution is 0.0698. The molecule has 9 heteroatoms. The van der Waals surface area contributed by atoms with Gasteiger partial charge >= 0.3 is 0 Å². The molecule has 1 amide bonds. The topological polar surface area (TPSA) is 85.8 Å². The Bertz CT molecular complexity index is 1130. The van der Waals surface area contributed by atoms with Crippen LogP contribution in [0.25, 0.3) is 17.0 Å². The molecule has 7 nitrogen and oxygen atoms in total. The van der Waals surface area contributed by atoms with Gasteiger partial charge in [-0.25, -0.2) is 9.97 Å². The average Bonchev–Trinajstić information content (AvgIpc) is 3.38. The van der Waals surface area contributed by atoms with Gasteiger partial charge in [0.1, 0.15) is 5.69 Å². The second-order valence-electron chi connectivity index (χ2n) is 7.72. The van der Waals surface area contributed by atoms with Crippen LogP contribution >= 0.6 is 23.2 Å². The van der Waals surface area contributed by atoms with Gasteiger partial charge in [-0.1, -0.05) is 23.2 Å². The normalized spacial score (nSPS) is 16.4. The molecule has 4 rings (SSSR count). The van der Waals surface area contributed by atoms with Gasteiger partial charge in [-0.3, -0.25) is 9.20 Å². The molecule has 2 aromatic heterocycles. The Balaban J connectivity index is 1.81. The van der Waals surface area contributed by atoms with E-state index in [1.54, 1.807) is 29.8 Å². The number of fused-ring (bicyclic) bond motifs is 1. The van der Waals surface area contributed by atoms with Crippen molar-refractivity contribution in [3.05, 3.63) is 51.4 Å². The number of ether oxygens (including phenoxy) is 1. The first-order chi connectivity index (χ1) is 14.9. The maximum atomic E-state index is 13.3. The second-order valence-corrected chi connectivity index (χ2v) is 8.57. The number of nitrogens with two attached hydrogens (primary N) is 1. The van der Waals surface area contributed by atoms with Crippen LogP contribution in [0.1, 0.15) is 41.0 Å². The van der Waals surface area contributed by atoms with E-state index in [4.69, 9.17) is 33.7 Å². The molecular formula is C22H25Cl2N5O2. The SMILES string of the molecule is COCC[C@@H]1CCCN1C(=O)c1cn2c(-c3ccc(Cl)cc3Cl)c(CN)c(C)nc2n1. The van der Waals surface area contributed by atoms with Gasteiger partial charge in [0.25, 0.3) is 5.91 Å². The Labute approximate surface area is 191 Å². The van der Waals surface area contributed by atoms with Crippen molar-refractivity contribution in [1.82, 2.24) is 19.3 Å². The fourth-order valence-corrected chi connectivity index (χ4v) is 4.77. The number of benzene rings is 1. The number of nitrogens with zero attached hydrogens (tertiary/aromatic N) is 4. The van der Waals surface area contributed by atoms with E-state index in [0.717, 1.165) is 48.3 Å². The molecule has 31 heavy (non-hydrogen) atoms. The van der Waals surface area contributed by atoms with Gasteiger partial charge in [-0.05, 0) is 44.4 Å². The van der Waals surface area contributed by atoms with Crippen LogP contribution in [0.4, 0.5) is 0 Å². The van der Waals surface area contributed by atoms with Gasteiger partial charge < -0.3 is 15.4 Å². The molecule has 0 unspecified atom stereocenters. The van der Waals surface area contributed by atoms with E-state index in [-0.39, 0.29) is 18.5 Å². The summed E-state index contributed by atoms with van der Waals surface area (Å²) in [5.41, 5.74) is 9.54. The van der Waals surface area contributed by atoms with E-state index in [0.29, 0.717) is 28.1 Å². The molecule has 2 N–H and O–H groups in total. The predicted molar refractivity (Wildman–Crippen MR) is 122 cm³/mol. The molecule has 0 saturated carbocycles. The molecule has 0 aliphatic carbocycles. The molecular weight excluding hydrogens is 437 g/mol. The van der Waals surface area contributed by atoms with Gasteiger partial charge in [-0.2, -0.15) is 0 Å². The maximum absolute atomic E-state index is 13.3. The third kappa shape index (κ3) is 4.15. The van der Waals surface area contributed by atoms with E-state index in [1.807, 2.05) is 17.9 Å². The Morgan fingerprint density at radius 2 is 2.13 bits per heavy atom. The highest BCUT2D eigenvalue weighted by atomic mass is 35.5. The molecule has 0 bridgehead atoms. The largest absolute Gasteiger partial charge is 0.385 e. The molecule has 164 valence electrons. The summed E-state index contributed by atoms with van der Waals surface area (Å²) < 4.78 is 7.01. The number of methoxy groups -OCH3 is 1. The summed E-state index contributed by atoms with van der Waals surface area (Å²) in [6, 6.07) is 5.48. The molecule has 1 saturated heterocycles. The number of aromatic nitrogens is 3. The van der Waals surface area contributed by atoms with E-state index in [9.17, 15) is 4.79 Å². The van der Waals surface area contributed by atoms with Crippen molar-refractivity contribution in [2.24, 2.45) is 5.73 Å². The van der Waals surface area contributed by atoms with Crippen molar-refractivity contribution >= 4 is 34.9 Å². The van der Waals surface area contributed by atoms with E-state index in [2.05, 4.69) is 9.97 Å². The van der Waals surface area contributed by atoms with E-state index < -0.39 is 0 Å². The first kappa shape index (κ1) is 22.0. The molecule has 1 aliphatic rings. The minimum absolute atomic E-state index is 0.0933. The lowest BCUT2D eigenvalue weighted by Gasteiger charge is -2.23. The monoisotopic (exact) mass is 461 g/mol. The minimum atomic E-state index is -0.0933. The zero-order chi connectivity index (χ0) is 22.1. The summed E-state index contributed by atoms with van der Waals surface area (Å²) in [6.07, 6.45) is 4.50. The third-order valence-corrected chi connectivity index (χ3v) is 6.37. The van der Waals surface area contributed by atoms with Crippen molar-refractivity contribution in [2.75, 3.05) is 20.3 Å². The van der Waals surface area contributed by atoms with Crippen molar-refractivity contribution in [2.45, 2.75) is 38.8 Å². The highest BCUT2D eigenvalue weighted by Gasteiger charge is 2.31. The van der Waals surface area contributed by atoms with Crippen molar-refractivity contribution in [1.29, 1.82) is 0 Å². The van der Waals surface area contributed by atoms with Crippen LogP contribution in [0.2, 0.25) is 10.0 Å². The number of carbonyl (C=O) groups is 1. The molecule has 0 radical (unpaired) electrons. The van der Waals surface area contributed by atoms with Gasteiger partial charge in [0, 0.05) is 60.9 Å². The Kier molecular flexibility index (Phi) is 6.48. The lowest BCUT2D eigenvalue weighted by atomic mass is 10.0. The number of rotatable bonds is 6. The standard InChI is InChI=1S/C22H25Cl2N5O2/c1-13-17(11-25)20(16-6-5-14(23)10-18(16)24)29-12-19(27-22(29)26-13)21(30)28-8-3-4-15(28)7-9-31-2/h5-6,10,12,15H,3-4,7-9,11,25H2,1-2H3/t15-/m0/s1. The number of hydrogen-bond acceptors (Lipinski definition) is 5. The minimum Gasteiger partial charge on any atom is -0.385 e. The maximum Gasteiger partial charge on any atom is 0.274 e. The van der Waals surface area contributed by atoms with Gasteiger partial charge in [0.15, 0.2) is 0 Å². The molecule has 1 atom stereocenters. The van der Waals surface area contributed by atoms with Crippen LogP contribution in [0.15, 0.2) is 24.4 Å². The summed E-state index contributed by atoms with van der Waals surface area (Å²) in [5.74, 6) is 0.343. The van der Waals surface area contributed by atoms with Crippen LogP contribution < -0.4 is 5.73 Å². The fraction of sp³-hybridized carbons (Fsp3) is 0.409. The molecule has 1 fully saturated rings. The smallest absolute Gasteiger partial charge is 0.274 e. The summed E-state index contributed by atoms with van der Waals surface area (Å²) in [4.78, 5) is 24.3. The number of amides is 1.